The van der Waals surface area contributed by atoms with Gasteiger partial charge in [0.25, 0.3) is 0 Å². The second-order valence-electron chi connectivity index (χ2n) is 2.95. The van der Waals surface area contributed by atoms with Gasteiger partial charge in [-0.2, -0.15) is 18.2 Å². The van der Waals surface area contributed by atoms with Crippen LogP contribution in [-0.2, 0) is 6.18 Å². The molecular formula is C9H4ClF3N2O. The highest BCUT2D eigenvalue weighted by Crippen LogP contribution is 2.30. The first-order valence-electron chi connectivity index (χ1n) is 4.13. The summed E-state index contributed by atoms with van der Waals surface area (Å²) in [5.74, 6) is 0.152. The summed E-state index contributed by atoms with van der Waals surface area (Å²) in [6.45, 7) is 0. The highest BCUT2D eigenvalue weighted by molar-refractivity contribution is 6.27. The topological polar surface area (TPSA) is 38.9 Å². The zero-order valence-corrected chi connectivity index (χ0v) is 8.38. The van der Waals surface area contributed by atoms with E-state index in [1.807, 2.05) is 0 Å². The Balaban J connectivity index is 2.33. The molecule has 0 bridgehead atoms. The van der Waals surface area contributed by atoms with Crippen molar-refractivity contribution in [3.05, 3.63) is 35.2 Å². The molecule has 2 aromatic rings. The third-order valence-corrected chi connectivity index (χ3v) is 2.03. The summed E-state index contributed by atoms with van der Waals surface area (Å²) in [6.07, 6.45) is -4.35. The van der Waals surface area contributed by atoms with E-state index in [4.69, 9.17) is 11.6 Å². The lowest BCUT2D eigenvalue weighted by Gasteiger charge is -2.05. The van der Waals surface area contributed by atoms with E-state index in [-0.39, 0.29) is 11.2 Å². The minimum atomic E-state index is -4.35. The quantitative estimate of drug-likeness (QED) is 0.776. The molecule has 0 N–H and O–H groups in total. The molecule has 1 aromatic heterocycles. The van der Waals surface area contributed by atoms with E-state index in [2.05, 4.69) is 14.7 Å². The van der Waals surface area contributed by atoms with Crippen LogP contribution in [0.3, 0.4) is 0 Å². The Bertz CT molecular complexity index is 492. The van der Waals surface area contributed by atoms with Crippen LogP contribution in [-0.4, -0.2) is 10.1 Å². The van der Waals surface area contributed by atoms with Gasteiger partial charge in [-0.25, -0.2) is 0 Å². The van der Waals surface area contributed by atoms with Crippen molar-refractivity contribution >= 4 is 11.6 Å². The third kappa shape index (κ3) is 2.16. The maximum absolute atomic E-state index is 12.3. The average Bonchev–Trinajstić information content (AvgIpc) is 2.64. The Hall–Kier alpha value is -1.56. The monoisotopic (exact) mass is 248 g/mol. The van der Waals surface area contributed by atoms with E-state index in [0.717, 1.165) is 12.1 Å². The molecule has 1 aromatic carbocycles. The van der Waals surface area contributed by atoms with Crippen LogP contribution < -0.4 is 0 Å². The highest BCUT2D eigenvalue weighted by atomic mass is 35.5. The normalized spacial score (nSPS) is 11.8. The van der Waals surface area contributed by atoms with E-state index in [1.165, 1.54) is 12.1 Å². The number of hydrogen-bond donors (Lipinski definition) is 0. The van der Waals surface area contributed by atoms with Gasteiger partial charge in [-0.15, -0.1) is 0 Å². The molecule has 0 aliphatic carbocycles. The molecular weight excluding hydrogens is 245 g/mol. The minimum Gasteiger partial charge on any atom is -0.321 e. The van der Waals surface area contributed by atoms with E-state index >= 15 is 0 Å². The molecule has 2 rings (SSSR count). The average molecular weight is 249 g/mol. The number of aromatic nitrogens is 2. The van der Waals surface area contributed by atoms with Gasteiger partial charge in [0, 0.05) is 5.56 Å². The highest BCUT2D eigenvalue weighted by Gasteiger charge is 2.30. The second-order valence-corrected chi connectivity index (χ2v) is 3.27. The largest absolute Gasteiger partial charge is 0.416 e. The number of benzene rings is 1. The van der Waals surface area contributed by atoms with E-state index in [9.17, 15) is 13.2 Å². The van der Waals surface area contributed by atoms with Gasteiger partial charge >= 0.3 is 11.5 Å². The van der Waals surface area contributed by atoms with Gasteiger partial charge in [0.2, 0.25) is 5.82 Å². The predicted molar refractivity (Wildman–Crippen MR) is 49.7 cm³/mol. The predicted octanol–water partition coefficient (Wildman–Crippen LogP) is 3.41. The summed E-state index contributed by atoms with van der Waals surface area (Å²) in [6, 6.07) is 4.40. The van der Waals surface area contributed by atoms with Crippen LogP contribution in [0.4, 0.5) is 13.2 Å². The first-order valence-corrected chi connectivity index (χ1v) is 4.51. The van der Waals surface area contributed by atoms with Crippen LogP contribution in [0.25, 0.3) is 11.4 Å². The zero-order chi connectivity index (χ0) is 11.8. The molecule has 84 valence electrons. The van der Waals surface area contributed by atoms with Crippen molar-refractivity contribution in [3.63, 3.8) is 0 Å². The van der Waals surface area contributed by atoms with E-state index in [0.29, 0.717) is 5.56 Å². The van der Waals surface area contributed by atoms with Crippen molar-refractivity contribution in [1.82, 2.24) is 10.1 Å². The minimum absolute atomic E-state index is 0.152. The standard InChI is InChI=1S/C9H4ClF3N2O/c10-8-14-7(15-16-8)5-1-3-6(4-2-5)9(11,12)13/h1-4H. The van der Waals surface area contributed by atoms with Gasteiger partial charge in [-0.1, -0.05) is 17.3 Å². The van der Waals surface area contributed by atoms with Gasteiger partial charge in [0.1, 0.15) is 0 Å². The summed E-state index contributed by atoms with van der Waals surface area (Å²) in [7, 11) is 0. The van der Waals surface area contributed by atoms with Crippen molar-refractivity contribution in [3.8, 4) is 11.4 Å². The molecule has 0 saturated carbocycles. The lowest BCUT2D eigenvalue weighted by atomic mass is 10.1. The van der Waals surface area contributed by atoms with Crippen molar-refractivity contribution < 1.29 is 17.7 Å². The summed E-state index contributed by atoms with van der Waals surface area (Å²) in [5, 5.41) is 3.32. The molecule has 0 atom stereocenters. The van der Waals surface area contributed by atoms with Gasteiger partial charge in [0.05, 0.1) is 5.56 Å². The zero-order valence-electron chi connectivity index (χ0n) is 7.62. The molecule has 1 heterocycles. The molecule has 16 heavy (non-hydrogen) atoms. The van der Waals surface area contributed by atoms with Gasteiger partial charge in [-0.05, 0) is 23.7 Å². The molecule has 0 aliphatic rings. The maximum Gasteiger partial charge on any atom is 0.416 e. The molecule has 0 radical (unpaired) electrons. The Labute approximate surface area is 92.8 Å². The fraction of sp³-hybridized carbons (Fsp3) is 0.111. The SMILES string of the molecule is FC(F)(F)c1ccc(-c2noc(Cl)n2)cc1. The second kappa shape index (κ2) is 3.79. The molecule has 0 fully saturated rings. The van der Waals surface area contributed by atoms with Crippen molar-refractivity contribution in [2.24, 2.45) is 0 Å². The lowest BCUT2D eigenvalue weighted by Crippen LogP contribution is -2.04. The van der Waals surface area contributed by atoms with E-state index < -0.39 is 11.7 Å². The van der Waals surface area contributed by atoms with Gasteiger partial charge < -0.3 is 4.52 Å². The summed E-state index contributed by atoms with van der Waals surface area (Å²) >= 11 is 5.39. The maximum atomic E-state index is 12.3. The van der Waals surface area contributed by atoms with Crippen LogP contribution in [0.1, 0.15) is 5.56 Å². The summed E-state index contributed by atoms with van der Waals surface area (Å²) in [5.41, 5.74) is -0.325. The molecule has 0 amide bonds. The lowest BCUT2D eigenvalue weighted by molar-refractivity contribution is -0.137. The smallest absolute Gasteiger partial charge is 0.321 e. The first kappa shape index (κ1) is 10.9. The van der Waals surface area contributed by atoms with Gasteiger partial charge in [0.15, 0.2) is 0 Å². The van der Waals surface area contributed by atoms with Crippen LogP contribution >= 0.6 is 11.6 Å². The van der Waals surface area contributed by atoms with Crippen molar-refractivity contribution in [2.75, 3.05) is 0 Å². The third-order valence-electron chi connectivity index (χ3n) is 1.87. The first-order chi connectivity index (χ1) is 7.47. The molecule has 0 saturated heterocycles. The Morgan fingerprint density at radius 2 is 1.75 bits per heavy atom. The summed E-state index contributed by atoms with van der Waals surface area (Å²) < 4.78 is 41.3. The molecule has 0 unspecified atom stereocenters. The number of alkyl halides is 3. The number of nitrogens with zero attached hydrogens (tertiary/aromatic N) is 2. The fourth-order valence-corrected chi connectivity index (χ4v) is 1.25. The number of hydrogen-bond acceptors (Lipinski definition) is 3. The molecule has 0 aliphatic heterocycles. The van der Waals surface area contributed by atoms with Crippen LogP contribution in [0, 0.1) is 0 Å². The number of halogens is 4. The molecule has 3 nitrogen and oxygen atoms in total. The van der Waals surface area contributed by atoms with Crippen LogP contribution in [0.5, 0.6) is 0 Å². The number of rotatable bonds is 1. The molecule has 0 spiro atoms. The van der Waals surface area contributed by atoms with Crippen molar-refractivity contribution in [1.29, 1.82) is 0 Å². The Kier molecular flexibility index (Phi) is 2.59. The molecule has 7 heteroatoms. The Morgan fingerprint density at radius 1 is 1.12 bits per heavy atom. The van der Waals surface area contributed by atoms with Crippen LogP contribution in [0.2, 0.25) is 5.35 Å². The van der Waals surface area contributed by atoms with Crippen molar-refractivity contribution in [2.45, 2.75) is 6.18 Å². The van der Waals surface area contributed by atoms with E-state index in [1.54, 1.807) is 0 Å². The summed E-state index contributed by atoms with van der Waals surface area (Å²) in [4.78, 5) is 3.68. The van der Waals surface area contributed by atoms with Crippen LogP contribution in [0.15, 0.2) is 28.8 Å². The van der Waals surface area contributed by atoms with Gasteiger partial charge in [-0.3, -0.25) is 0 Å². The fourth-order valence-electron chi connectivity index (χ4n) is 1.13. The Morgan fingerprint density at radius 3 is 2.19 bits per heavy atom.